The zero-order valence-corrected chi connectivity index (χ0v) is 10.6. The van der Waals surface area contributed by atoms with Gasteiger partial charge in [-0.05, 0) is 19.4 Å². The fourth-order valence-electron chi connectivity index (χ4n) is 1.34. The maximum absolute atomic E-state index is 6.02. The molecule has 0 aromatic carbocycles. The van der Waals surface area contributed by atoms with E-state index in [1.807, 2.05) is 19.9 Å². The van der Waals surface area contributed by atoms with Crippen LogP contribution in [0.5, 0.6) is 0 Å². The van der Waals surface area contributed by atoms with Crippen LogP contribution in [0.3, 0.4) is 0 Å². The van der Waals surface area contributed by atoms with E-state index in [2.05, 4.69) is 9.97 Å². The van der Waals surface area contributed by atoms with Crippen molar-refractivity contribution in [3.63, 3.8) is 0 Å². The fraction of sp³-hybridized carbons (Fsp3) is 0.273. The molecule has 2 rings (SSSR count). The summed E-state index contributed by atoms with van der Waals surface area (Å²) in [6.07, 6.45) is 3.98. The van der Waals surface area contributed by atoms with Crippen LogP contribution in [0, 0.1) is 6.92 Å². The van der Waals surface area contributed by atoms with Crippen molar-refractivity contribution in [2.75, 3.05) is 0 Å². The zero-order chi connectivity index (χ0) is 11.5. The lowest BCUT2D eigenvalue weighted by molar-refractivity contribution is 0.527. The van der Waals surface area contributed by atoms with Crippen LogP contribution in [0.4, 0.5) is 0 Å². The van der Waals surface area contributed by atoms with Crippen LogP contribution >= 0.6 is 23.4 Å². The molecule has 0 aliphatic heterocycles. The number of nitrogens with zero attached hydrogens (tertiary/aromatic N) is 2. The third-order valence-electron chi connectivity index (χ3n) is 2.22. The molecule has 5 heteroatoms. The lowest BCUT2D eigenvalue weighted by Gasteiger charge is -2.06. The van der Waals surface area contributed by atoms with E-state index in [9.17, 15) is 0 Å². The maximum Gasteiger partial charge on any atom is 0.136 e. The predicted octanol–water partition coefficient (Wildman–Crippen LogP) is 3.75. The lowest BCUT2D eigenvalue weighted by atomic mass is 10.3. The van der Waals surface area contributed by atoms with Gasteiger partial charge < -0.3 is 4.42 Å². The summed E-state index contributed by atoms with van der Waals surface area (Å²) in [7, 11) is 0. The number of halogens is 1. The van der Waals surface area contributed by atoms with Gasteiger partial charge >= 0.3 is 0 Å². The van der Waals surface area contributed by atoms with Gasteiger partial charge in [0.25, 0.3) is 0 Å². The van der Waals surface area contributed by atoms with Crippen LogP contribution in [0.15, 0.2) is 33.0 Å². The second-order valence-electron chi connectivity index (χ2n) is 3.24. The SMILES string of the molecule is CCc1c(Cl)ncnc1Sc1ccoc1C. The van der Waals surface area contributed by atoms with Crippen LogP contribution in [-0.2, 0) is 6.42 Å². The van der Waals surface area contributed by atoms with Crippen molar-refractivity contribution in [1.82, 2.24) is 9.97 Å². The first kappa shape index (κ1) is 11.5. The second-order valence-corrected chi connectivity index (χ2v) is 4.63. The second kappa shape index (κ2) is 4.89. The number of aryl methyl sites for hydroxylation is 1. The van der Waals surface area contributed by atoms with Gasteiger partial charge in [0.2, 0.25) is 0 Å². The molecule has 2 aromatic heterocycles. The Labute approximate surface area is 103 Å². The molecule has 0 N–H and O–H groups in total. The summed E-state index contributed by atoms with van der Waals surface area (Å²) in [5, 5.41) is 1.42. The summed E-state index contributed by atoms with van der Waals surface area (Å²) in [6, 6.07) is 1.93. The molecule has 0 aliphatic rings. The van der Waals surface area contributed by atoms with Crippen LogP contribution in [0.2, 0.25) is 5.15 Å². The molecule has 0 spiro atoms. The van der Waals surface area contributed by atoms with Crippen molar-refractivity contribution < 1.29 is 4.42 Å². The van der Waals surface area contributed by atoms with Crippen LogP contribution < -0.4 is 0 Å². The van der Waals surface area contributed by atoms with Gasteiger partial charge in [-0.15, -0.1) is 0 Å². The molecule has 0 saturated carbocycles. The van der Waals surface area contributed by atoms with Crippen LogP contribution in [0.25, 0.3) is 0 Å². The van der Waals surface area contributed by atoms with Gasteiger partial charge in [-0.3, -0.25) is 0 Å². The van der Waals surface area contributed by atoms with E-state index in [-0.39, 0.29) is 0 Å². The Morgan fingerprint density at radius 3 is 2.88 bits per heavy atom. The average Bonchev–Trinajstić information content (AvgIpc) is 2.65. The number of aromatic nitrogens is 2. The molecule has 84 valence electrons. The number of hydrogen-bond acceptors (Lipinski definition) is 4. The Kier molecular flexibility index (Phi) is 3.51. The van der Waals surface area contributed by atoms with Crippen molar-refractivity contribution in [3.8, 4) is 0 Å². The van der Waals surface area contributed by atoms with Gasteiger partial charge in [0.05, 0.1) is 11.2 Å². The Hall–Kier alpha value is -1.00. The minimum Gasteiger partial charge on any atom is -0.468 e. The summed E-state index contributed by atoms with van der Waals surface area (Å²) < 4.78 is 5.24. The smallest absolute Gasteiger partial charge is 0.136 e. The van der Waals surface area contributed by atoms with Crippen molar-refractivity contribution in [1.29, 1.82) is 0 Å². The van der Waals surface area contributed by atoms with Crippen molar-refractivity contribution >= 4 is 23.4 Å². The molecule has 0 fully saturated rings. The monoisotopic (exact) mass is 254 g/mol. The predicted molar refractivity (Wildman–Crippen MR) is 64.0 cm³/mol. The Bertz CT molecular complexity index is 498. The third kappa shape index (κ3) is 2.23. The topological polar surface area (TPSA) is 38.9 Å². The highest BCUT2D eigenvalue weighted by molar-refractivity contribution is 7.99. The number of rotatable bonds is 3. The molecule has 3 nitrogen and oxygen atoms in total. The molecule has 0 radical (unpaired) electrons. The van der Waals surface area contributed by atoms with E-state index in [1.165, 1.54) is 6.33 Å². The molecule has 0 atom stereocenters. The normalized spacial score (nSPS) is 10.7. The Morgan fingerprint density at radius 1 is 1.44 bits per heavy atom. The first-order valence-electron chi connectivity index (χ1n) is 4.93. The first-order chi connectivity index (χ1) is 7.72. The van der Waals surface area contributed by atoms with E-state index < -0.39 is 0 Å². The van der Waals surface area contributed by atoms with Gasteiger partial charge in [0.1, 0.15) is 22.3 Å². The average molecular weight is 255 g/mol. The highest BCUT2D eigenvalue weighted by Gasteiger charge is 2.11. The van der Waals surface area contributed by atoms with E-state index in [0.717, 1.165) is 27.7 Å². The molecule has 0 amide bonds. The number of furan rings is 1. The van der Waals surface area contributed by atoms with Crippen LogP contribution in [0.1, 0.15) is 18.2 Å². The van der Waals surface area contributed by atoms with Gasteiger partial charge in [-0.25, -0.2) is 9.97 Å². The standard InChI is InChI=1S/C11H11ClN2OS/c1-3-8-10(12)13-6-14-11(8)16-9-4-5-15-7(9)2/h4-6H,3H2,1-2H3. The quantitative estimate of drug-likeness (QED) is 0.782. The minimum absolute atomic E-state index is 0.529. The van der Waals surface area contributed by atoms with Crippen molar-refractivity contribution in [3.05, 3.63) is 35.1 Å². The lowest BCUT2D eigenvalue weighted by Crippen LogP contribution is -1.93. The van der Waals surface area contributed by atoms with Crippen LogP contribution in [-0.4, -0.2) is 9.97 Å². The third-order valence-corrected chi connectivity index (χ3v) is 3.74. The maximum atomic E-state index is 6.02. The van der Waals surface area contributed by atoms with Crippen molar-refractivity contribution in [2.24, 2.45) is 0 Å². The highest BCUT2D eigenvalue weighted by atomic mass is 35.5. The zero-order valence-electron chi connectivity index (χ0n) is 9.03. The van der Waals surface area contributed by atoms with E-state index >= 15 is 0 Å². The van der Waals surface area contributed by atoms with Crippen molar-refractivity contribution in [2.45, 2.75) is 30.2 Å². The summed E-state index contributed by atoms with van der Waals surface area (Å²) >= 11 is 7.58. The van der Waals surface area contributed by atoms with E-state index in [4.69, 9.17) is 16.0 Å². The molecule has 2 aromatic rings. The van der Waals surface area contributed by atoms with E-state index in [1.54, 1.807) is 18.0 Å². The first-order valence-corrected chi connectivity index (χ1v) is 6.13. The molecular weight excluding hydrogens is 244 g/mol. The molecule has 16 heavy (non-hydrogen) atoms. The summed E-state index contributed by atoms with van der Waals surface area (Å²) in [6.45, 7) is 3.97. The van der Waals surface area contributed by atoms with Gasteiger partial charge in [-0.2, -0.15) is 0 Å². The fourth-order valence-corrected chi connectivity index (χ4v) is 2.66. The molecule has 0 bridgehead atoms. The van der Waals surface area contributed by atoms with Gasteiger partial charge in [0.15, 0.2) is 0 Å². The molecular formula is C11H11ClN2OS. The Morgan fingerprint density at radius 2 is 2.25 bits per heavy atom. The molecule has 2 heterocycles. The minimum atomic E-state index is 0.529. The molecule has 0 unspecified atom stereocenters. The largest absolute Gasteiger partial charge is 0.468 e. The number of hydrogen-bond donors (Lipinski definition) is 0. The Balaban J connectivity index is 2.35. The summed E-state index contributed by atoms with van der Waals surface area (Å²) in [4.78, 5) is 9.29. The summed E-state index contributed by atoms with van der Waals surface area (Å²) in [5.41, 5.74) is 0.981. The highest BCUT2D eigenvalue weighted by Crippen LogP contribution is 2.33. The summed E-state index contributed by atoms with van der Waals surface area (Å²) in [5.74, 6) is 0.891. The van der Waals surface area contributed by atoms with E-state index in [0.29, 0.717) is 5.15 Å². The molecule has 0 saturated heterocycles. The molecule has 0 aliphatic carbocycles. The van der Waals surface area contributed by atoms with Gasteiger partial charge in [0, 0.05) is 5.56 Å². The van der Waals surface area contributed by atoms with Gasteiger partial charge in [-0.1, -0.05) is 30.3 Å².